The first-order valence-corrected chi connectivity index (χ1v) is 22.1. The van der Waals surface area contributed by atoms with Crippen molar-refractivity contribution in [2.24, 2.45) is 5.73 Å². The van der Waals surface area contributed by atoms with E-state index in [1.54, 1.807) is 20.8 Å². The number of carboxylic acids is 2. The van der Waals surface area contributed by atoms with E-state index in [4.69, 9.17) is 59.7 Å². The molecule has 1 rings (SSSR count). The van der Waals surface area contributed by atoms with Gasteiger partial charge < -0.3 is 64.4 Å². The minimum atomic E-state index is -0.880. The standard InChI is InChI=1S/C11H19BrO4.C11H20O5.C9H16O5.C5H8O3.C3H7NO2.C2H6O/c2*1-2-16-11(14)5-3-4-10(13)6-8-15-9-7-12;10-5-7-14-6-4-8(11)2-1-3-9(12)13;6-5-1-2-7-3-4-8-5;4-2-1-3(5)6;1-2-3/h2-9H2,1H3;12H,2-9H2,1H3;10H,1-7H2,(H,12,13);1-4H2;1-2,4H2,(H,5,6);3H,2H2,1H3. The van der Waals surface area contributed by atoms with Gasteiger partial charge in [-0.1, -0.05) is 15.9 Å². The van der Waals surface area contributed by atoms with Gasteiger partial charge in [0.25, 0.3) is 0 Å². The van der Waals surface area contributed by atoms with Crippen molar-refractivity contribution >= 4 is 63.1 Å². The predicted molar refractivity (Wildman–Crippen MR) is 232 cm³/mol. The summed E-state index contributed by atoms with van der Waals surface area (Å²) in [5.74, 6) is -2.14. The number of carbonyl (C=O) groups is 8. The molecule has 0 unspecified atom stereocenters. The summed E-state index contributed by atoms with van der Waals surface area (Å²) >= 11 is 3.23. The molecule has 22 heteroatoms. The third kappa shape index (κ3) is 73.2. The number of carboxylic acid groups (broad SMARTS) is 2. The zero-order valence-corrected chi connectivity index (χ0v) is 39.1. The van der Waals surface area contributed by atoms with Crippen molar-refractivity contribution in [2.75, 3.05) is 104 Å². The van der Waals surface area contributed by atoms with Gasteiger partial charge in [0.2, 0.25) is 0 Å². The molecule has 63 heavy (non-hydrogen) atoms. The van der Waals surface area contributed by atoms with Gasteiger partial charge in [-0.3, -0.25) is 38.4 Å². The lowest BCUT2D eigenvalue weighted by atomic mass is 10.1. The van der Waals surface area contributed by atoms with Crippen LogP contribution >= 0.6 is 15.9 Å². The molecule has 0 spiro atoms. The van der Waals surface area contributed by atoms with Gasteiger partial charge in [-0.2, -0.15) is 0 Å². The molecule has 1 heterocycles. The fourth-order valence-electron chi connectivity index (χ4n) is 3.85. The molecule has 7 N–H and O–H groups in total. The Morgan fingerprint density at radius 1 is 0.571 bits per heavy atom. The van der Waals surface area contributed by atoms with E-state index in [-0.39, 0.29) is 101 Å². The minimum absolute atomic E-state index is 0.00388. The van der Waals surface area contributed by atoms with Crippen LogP contribution in [0.15, 0.2) is 0 Å². The van der Waals surface area contributed by atoms with E-state index in [9.17, 15) is 38.4 Å². The molecular formula is C41H76BrNO20. The quantitative estimate of drug-likeness (QED) is 0.0251. The van der Waals surface area contributed by atoms with Crippen molar-refractivity contribution in [3.63, 3.8) is 0 Å². The van der Waals surface area contributed by atoms with Crippen molar-refractivity contribution in [3.05, 3.63) is 0 Å². The molecule has 0 aliphatic carbocycles. The summed E-state index contributed by atoms with van der Waals surface area (Å²) in [4.78, 5) is 85.5. The van der Waals surface area contributed by atoms with E-state index in [0.717, 1.165) is 5.33 Å². The van der Waals surface area contributed by atoms with Crippen LogP contribution in [0, 0.1) is 0 Å². The second-order valence-electron chi connectivity index (χ2n) is 12.2. The highest BCUT2D eigenvalue weighted by Crippen LogP contribution is 2.03. The molecule has 372 valence electrons. The summed E-state index contributed by atoms with van der Waals surface area (Å²) in [7, 11) is 0. The summed E-state index contributed by atoms with van der Waals surface area (Å²) < 4.78 is 34.1. The van der Waals surface area contributed by atoms with Crippen molar-refractivity contribution in [1.82, 2.24) is 0 Å². The highest BCUT2D eigenvalue weighted by molar-refractivity contribution is 9.09. The lowest BCUT2D eigenvalue weighted by molar-refractivity contribution is -0.144. The predicted octanol–water partition coefficient (Wildman–Crippen LogP) is 2.36. The molecule has 0 amide bonds. The molecule has 0 aromatic rings. The number of carbonyl (C=O) groups excluding carboxylic acids is 6. The van der Waals surface area contributed by atoms with Gasteiger partial charge in [0.1, 0.15) is 24.0 Å². The van der Waals surface area contributed by atoms with Gasteiger partial charge in [-0.25, -0.2) is 0 Å². The van der Waals surface area contributed by atoms with E-state index >= 15 is 0 Å². The number of hydrogen-bond acceptors (Lipinski definition) is 19. The zero-order valence-electron chi connectivity index (χ0n) is 37.5. The molecule has 0 aromatic carbocycles. The summed E-state index contributed by atoms with van der Waals surface area (Å²) in [5, 5.41) is 41.3. The number of esters is 3. The minimum Gasteiger partial charge on any atom is -0.481 e. The molecule has 0 aromatic heterocycles. The molecule has 0 atom stereocenters. The summed E-state index contributed by atoms with van der Waals surface area (Å²) in [5.41, 5.74) is 4.85. The maximum atomic E-state index is 11.3. The van der Waals surface area contributed by atoms with Gasteiger partial charge in [-0.05, 0) is 40.0 Å². The number of hydrogen-bond donors (Lipinski definition) is 6. The molecule has 1 aliphatic heterocycles. The number of halogens is 1. The largest absolute Gasteiger partial charge is 0.481 e. The molecule has 0 radical (unpaired) electrons. The lowest BCUT2D eigenvalue weighted by Gasteiger charge is -2.02. The Bertz CT molecular complexity index is 1070. The number of alkyl halides is 1. The Morgan fingerprint density at radius 2 is 0.968 bits per heavy atom. The van der Waals surface area contributed by atoms with Crippen molar-refractivity contribution in [1.29, 1.82) is 0 Å². The highest BCUT2D eigenvalue weighted by Gasteiger charge is 2.08. The van der Waals surface area contributed by atoms with Crippen molar-refractivity contribution in [2.45, 2.75) is 111 Å². The Labute approximate surface area is 380 Å². The Balaban J connectivity index is -0.000000226. The van der Waals surface area contributed by atoms with Crippen molar-refractivity contribution in [3.8, 4) is 0 Å². The Hall–Kier alpha value is -3.48. The first-order chi connectivity index (χ1) is 30.1. The second kappa shape index (κ2) is 58.5. The number of aliphatic hydroxyl groups is 3. The number of ketones is 3. The summed E-state index contributed by atoms with van der Waals surface area (Å²) in [6, 6.07) is 0. The van der Waals surface area contributed by atoms with Gasteiger partial charge in [0, 0.05) is 76.3 Å². The number of aliphatic hydroxyl groups excluding tert-OH is 3. The third-order valence-corrected chi connectivity index (χ3v) is 7.02. The average Bonchev–Trinajstić information content (AvgIpc) is 3.48. The fourth-order valence-corrected chi connectivity index (χ4v) is 4.08. The van der Waals surface area contributed by atoms with Gasteiger partial charge in [0.05, 0.1) is 92.1 Å². The second-order valence-corrected chi connectivity index (χ2v) is 13.0. The van der Waals surface area contributed by atoms with Crippen LogP contribution < -0.4 is 5.73 Å². The first kappa shape index (κ1) is 68.6. The Morgan fingerprint density at radius 3 is 1.30 bits per heavy atom. The molecule has 1 fully saturated rings. The lowest BCUT2D eigenvalue weighted by Crippen LogP contribution is -2.08. The monoisotopic (exact) mass is 981 g/mol. The number of rotatable bonds is 31. The fraction of sp³-hybridized carbons (Fsp3) is 0.805. The molecule has 1 saturated heterocycles. The average molecular weight is 983 g/mol. The highest BCUT2D eigenvalue weighted by atomic mass is 79.9. The number of aliphatic carboxylic acids is 2. The zero-order chi connectivity index (χ0) is 48.8. The van der Waals surface area contributed by atoms with Gasteiger partial charge in [0.15, 0.2) is 0 Å². The van der Waals surface area contributed by atoms with Crippen LogP contribution in [0.4, 0.5) is 0 Å². The van der Waals surface area contributed by atoms with Crippen LogP contribution in [0.3, 0.4) is 0 Å². The molecular weight excluding hydrogens is 906 g/mol. The van der Waals surface area contributed by atoms with Crippen LogP contribution in [0.5, 0.6) is 0 Å². The van der Waals surface area contributed by atoms with Crippen molar-refractivity contribution < 1.29 is 97.0 Å². The first-order valence-electron chi connectivity index (χ1n) is 21.0. The van der Waals surface area contributed by atoms with E-state index in [0.29, 0.717) is 124 Å². The molecule has 0 saturated carbocycles. The molecule has 0 bridgehead atoms. The van der Waals surface area contributed by atoms with Crippen LogP contribution in [-0.4, -0.2) is 177 Å². The van der Waals surface area contributed by atoms with E-state index in [1.165, 1.54) is 0 Å². The summed E-state index contributed by atoms with van der Waals surface area (Å²) in [6.07, 6.45) is 4.73. The summed E-state index contributed by atoms with van der Waals surface area (Å²) in [6.45, 7) is 10.1. The smallest absolute Gasteiger partial charge is 0.308 e. The van der Waals surface area contributed by atoms with Crippen LogP contribution in [0.2, 0.25) is 0 Å². The topological polar surface area (TPSA) is 328 Å². The number of Topliss-reactive ketones (excluding diaryl/α,β-unsaturated/α-hetero) is 3. The van der Waals surface area contributed by atoms with Crippen LogP contribution in [0.1, 0.15) is 111 Å². The SMILES string of the molecule is CCO.CCOC(=O)CCCC(=O)CCOCCBr.CCOC(=O)CCCC(=O)CCOCCO.NCCC(=O)O.O=C(O)CCCC(=O)CCOCCO.O=C1CCOCCO1. The number of cyclic esters (lactones) is 1. The van der Waals surface area contributed by atoms with E-state index < -0.39 is 11.9 Å². The van der Waals surface area contributed by atoms with E-state index in [1.807, 2.05) is 0 Å². The number of ether oxygens (including phenoxy) is 7. The van der Waals surface area contributed by atoms with E-state index in [2.05, 4.69) is 20.7 Å². The Kier molecular flexibility index (Phi) is 63.7. The molecule has 1 aliphatic rings. The maximum absolute atomic E-state index is 11.3. The van der Waals surface area contributed by atoms with Gasteiger partial charge in [-0.15, -0.1) is 0 Å². The molecule has 21 nitrogen and oxygen atoms in total. The van der Waals surface area contributed by atoms with Crippen LogP contribution in [0.25, 0.3) is 0 Å². The van der Waals surface area contributed by atoms with Gasteiger partial charge >= 0.3 is 29.8 Å². The third-order valence-electron chi connectivity index (χ3n) is 6.70. The normalized spacial score (nSPS) is 11.2. The maximum Gasteiger partial charge on any atom is 0.308 e. The van der Waals surface area contributed by atoms with Crippen LogP contribution in [-0.2, 0) is 71.5 Å². The number of nitrogens with two attached hydrogens (primary N) is 1.